The molecule has 0 spiro atoms. The number of benzene rings is 2. The molecule has 0 saturated carbocycles. The van der Waals surface area contributed by atoms with Gasteiger partial charge in [0.2, 0.25) is 5.91 Å². The third kappa shape index (κ3) is 10.2. The van der Waals surface area contributed by atoms with E-state index in [9.17, 15) is 24.5 Å². The Balaban J connectivity index is 1.56. The normalized spacial score (nSPS) is 9.94. The van der Waals surface area contributed by atoms with Crippen LogP contribution in [0.3, 0.4) is 0 Å². The Bertz CT molecular complexity index is 984. The Labute approximate surface area is 194 Å². The van der Waals surface area contributed by atoms with Gasteiger partial charge in [-0.1, -0.05) is 30.3 Å². The van der Waals surface area contributed by atoms with Crippen molar-refractivity contribution >= 4 is 40.8 Å². The van der Waals surface area contributed by atoms with Crippen molar-refractivity contribution in [1.82, 2.24) is 16.2 Å². The number of thiocarbonyl (C=S) groups is 1. The molecule has 3 N–H and O–H groups in total. The first-order valence-electron chi connectivity index (χ1n) is 9.79. The number of esters is 1. The second kappa shape index (κ2) is 13.4. The molecule has 0 aromatic heterocycles. The minimum absolute atomic E-state index is 0.102. The number of ether oxygens (including phenoxy) is 2. The van der Waals surface area contributed by atoms with Gasteiger partial charge in [0.15, 0.2) is 11.7 Å². The van der Waals surface area contributed by atoms with E-state index in [-0.39, 0.29) is 36.0 Å². The van der Waals surface area contributed by atoms with E-state index in [1.807, 2.05) is 30.3 Å². The first-order valence-corrected chi connectivity index (χ1v) is 10.2. The number of nitrogens with zero attached hydrogens (tertiary/aromatic N) is 1. The van der Waals surface area contributed by atoms with Crippen molar-refractivity contribution in [3.63, 3.8) is 0 Å². The van der Waals surface area contributed by atoms with Gasteiger partial charge in [0, 0.05) is 25.0 Å². The number of hydrogen-bond acceptors (Lipinski definition) is 8. The highest BCUT2D eigenvalue weighted by atomic mass is 32.1. The van der Waals surface area contributed by atoms with Crippen LogP contribution in [-0.4, -0.2) is 41.0 Å². The summed E-state index contributed by atoms with van der Waals surface area (Å²) in [4.78, 5) is 45.4. The molecule has 12 heteroatoms. The zero-order valence-electron chi connectivity index (χ0n) is 17.4. The summed E-state index contributed by atoms with van der Waals surface area (Å²) in [6.45, 7) is -0.172. The Hall–Kier alpha value is -4.06. The Morgan fingerprint density at radius 1 is 0.939 bits per heavy atom. The molecule has 0 fully saturated rings. The standard InChI is InChI=1S/C21H22N4O7S/c26-18(10-11-20(28)31-13-12-15-4-2-1-3-5-15)22-21(33)24-23-19(27)14-32-17-8-6-16(7-9-17)25(29)30/h1-9H,10-14H2,(H,23,27)(H2,22,24,26,33). The average Bonchev–Trinajstić information content (AvgIpc) is 2.81. The topological polar surface area (TPSA) is 149 Å². The first-order chi connectivity index (χ1) is 15.8. The molecule has 2 rings (SSSR count). The van der Waals surface area contributed by atoms with Crippen molar-refractivity contribution in [2.75, 3.05) is 13.2 Å². The fraction of sp³-hybridized carbons (Fsp3) is 0.238. The molecule has 0 saturated heterocycles. The van der Waals surface area contributed by atoms with Crippen LogP contribution in [0.5, 0.6) is 5.75 Å². The summed E-state index contributed by atoms with van der Waals surface area (Å²) in [5.41, 5.74) is 5.49. The highest BCUT2D eigenvalue weighted by molar-refractivity contribution is 7.80. The molecule has 2 aromatic rings. The highest BCUT2D eigenvalue weighted by Gasteiger charge is 2.11. The van der Waals surface area contributed by atoms with Gasteiger partial charge in [-0.15, -0.1) is 0 Å². The molecular weight excluding hydrogens is 452 g/mol. The van der Waals surface area contributed by atoms with Crippen molar-refractivity contribution in [3.8, 4) is 5.75 Å². The highest BCUT2D eigenvalue weighted by Crippen LogP contribution is 2.16. The molecule has 33 heavy (non-hydrogen) atoms. The summed E-state index contributed by atoms with van der Waals surface area (Å²) in [6.07, 6.45) is 0.336. The Morgan fingerprint density at radius 3 is 2.30 bits per heavy atom. The summed E-state index contributed by atoms with van der Waals surface area (Å²) in [5.74, 6) is -1.37. The third-order valence-electron chi connectivity index (χ3n) is 4.04. The van der Waals surface area contributed by atoms with Crippen LogP contribution in [0.15, 0.2) is 54.6 Å². The molecule has 2 amide bonds. The quantitative estimate of drug-likeness (QED) is 0.202. The summed E-state index contributed by atoms with van der Waals surface area (Å²) in [5, 5.41) is 12.7. The minimum Gasteiger partial charge on any atom is -0.484 e. The fourth-order valence-corrected chi connectivity index (χ4v) is 2.58. The monoisotopic (exact) mass is 474 g/mol. The van der Waals surface area contributed by atoms with Crippen LogP contribution in [0, 0.1) is 10.1 Å². The number of nitrogens with one attached hydrogen (secondary N) is 3. The van der Waals surface area contributed by atoms with Gasteiger partial charge in [0.25, 0.3) is 11.6 Å². The number of amides is 2. The number of carbonyl (C=O) groups is 3. The average molecular weight is 474 g/mol. The fourth-order valence-electron chi connectivity index (χ4n) is 2.41. The number of hydrogen-bond donors (Lipinski definition) is 3. The van der Waals surface area contributed by atoms with Gasteiger partial charge in [-0.25, -0.2) is 0 Å². The van der Waals surface area contributed by atoms with E-state index in [4.69, 9.17) is 21.7 Å². The molecule has 11 nitrogen and oxygen atoms in total. The van der Waals surface area contributed by atoms with Crippen molar-refractivity contribution in [2.45, 2.75) is 19.3 Å². The molecule has 0 aliphatic heterocycles. The van der Waals surface area contributed by atoms with E-state index in [2.05, 4.69) is 16.2 Å². The molecule has 0 aliphatic rings. The largest absolute Gasteiger partial charge is 0.484 e. The number of nitro benzene ring substituents is 1. The van der Waals surface area contributed by atoms with Gasteiger partial charge in [-0.2, -0.15) is 0 Å². The lowest BCUT2D eigenvalue weighted by molar-refractivity contribution is -0.384. The van der Waals surface area contributed by atoms with Crippen molar-refractivity contribution in [1.29, 1.82) is 0 Å². The van der Waals surface area contributed by atoms with Crippen LogP contribution < -0.4 is 20.9 Å². The van der Waals surface area contributed by atoms with Crippen LogP contribution >= 0.6 is 12.2 Å². The first kappa shape index (κ1) is 25.2. The molecule has 0 radical (unpaired) electrons. The Morgan fingerprint density at radius 2 is 1.64 bits per heavy atom. The number of hydrazine groups is 1. The maximum absolute atomic E-state index is 11.9. The number of rotatable bonds is 10. The maximum Gasteiger partial charge on any atom is 0.306 e. The lowest BCUT2D eigenvalue weighted by Crippen LogP contribution is -2.49. The van der Waals surface area contributed by atoms with Gasteiger partial charge >= 0.3 is 5.97 Å². The molecule has 174 valence electrons. The van der Waals surface area contributed by atoms with E-state index >= 15 is 0 Å². The predicted molar refractivity (Wildman–Crippen MR) is 121 cm³/mol. The molecule has 2 aromatic carbocycles. The van der Waals surface area contributed by atoms with E-state index in [1.54, 1.807) is 0 Å². The van der Waals surface area contributed by atoms with Crippen molar-refractivity contribution in [2.24, 2.45) is 0 Å². The SMILES string of the molecule is O=C(COc1ccc([N+](=O)[O-])cc1)NNC(=S)NC(=O)CCC(=O)OCCc1ccccc1. The summed E-state index contributed by atoms with van der Waals surface area (Å²) in [7, 11) is 0. The predicted octanol–water partition coefficient (Wildman–Crippen LogP) is 1.56. The number of nitro groups is 1. The summed E-state index contributed by atoms with van der Waals surface area (Å²) < 4.78 is 10.3. The zero-order valence-corrected chi connectivity index (χ0v) is 18.3. The molecule has 0 heterocycles. The Kier molecular flexibility index (Phi) is 10.2. The van der Waals surface area contributed by atoms with Gasteiger partial charge in [0.1, 0.15) is 5.75 Å². The van der Waals surface area contributed by atoms with Gasteiger partial charge in [-0.05, 0) is 29.9 Å². The van der Waals surface area contributed by atoms with E-state index in [0.717, 1.165) is 5.56 Å². The van der Waals surface area contributed by atoms with Crippen molar-refractivity contribution in [3.05, 3.63) is 70.3 Å². The van der Waals surface area contributed by atoms with Gasteiger partial charge in [-0.3, -0.25) is 35.3 Å². The van der Waals surface area contributed by atoms with Crippen molar-refractivity contribution < 1.29 is 28.8 Å². The van der Waals surface area contributed by atoms with Crippen LogP contribution in [0.1, 0.15) is 18.4 Å². The van der Waals surface area contributed by atoms with Crippen LogP contribution in [-0.2, 0) is 25.5 Å². The van der Waals surface area contributed by atoms with Gasteiger partial charge < -0.3 is 14.8 Å². The zero-order chi connectivity index (χ0) is 24.1. The second-order valence-corrected chi connectivity index (χ2v) is 6.95. The van der Waals surface area contributed by atoms with E-state index < -0.39 is 29.3 Å². The summed E-state index contributed by atoms with van der Waals surface area (Å²) in [6, 6.07) is 14.7. The lowest BCUT2D eigenvalue weighted by Gasteiger charge is -2.11. The van der Waals surface area contributed by atoms with Crippen LogP contribution in [0.4, 0.5) is 5.69 Å². The van der Waals surface area contributed by atoms with E-state index in [1.165, 1.54) is 24.3 Å². The summed E-state index contributed by atoms with van der Waals surface area (Å²) >= 11 is 4.89. The van der Waals surface area contributed by atoms with Crippen LogP contribution in [0.2, 0.25) is 0 Å². The minimum atomic E-state index is -0.605. The molecule has 0 unspecified atom stereocenters. The van der Waals surface area contributed by atoms with Gasteiger partial charge in [0.05, 0.1) is 18.0 Å². The maximum atomic E-state index is 11.9. The lowest BCUT2D eigenvalue weighted by atomic mass is 10.2. The van der Waals surface area contributed by atoms with Crippen LogP contribution in [0.25, 0.3) is 0 Å². The smallest absolute Gasteiger partial charge is 0.306 e. The molecule has 0 atom stereocenters. The second-order valence-electron chi connectivity index (χ2n) is 6.55. The molecule has 0 aliphatic carbocycles. The van der Waals surface area contributed by atoms with E-state index in [0.29, 0.717) is 6.42 Å². The third-order valence-corrected chi connectivity index (χ3v) is 4.24. The number of carbonyl (C=O) groups excluding carboxylic acids is 3. The molecular formula is C21H22N4O7S. The number of non-ortho nitro benzene ring substituents is 1. The molecule has 0 bridgehead atoms.